The summed E-state index contributed by atoms with van der Waals surface area (Å²) in [5.41, 5.74) is 0. The van der Waals surface area contributed by atoms with Crippen molar-refractivity contribution in [3.05, 3.63) is 0 Å². The molecule has 0 radical (unpaired) electrons. The van der Waals surface area contributed by atoms with Crippen LogP contribution in [0.4, 0.5) is 0 Å². The summed E-state index contributed by atoms with van der Waals surface area (Å²) in [6, 6.07) is 0. The molecule has 0 fully saturated rings. The van der Waals surface area contributed by atoms with Gasteiger partial charge in [0.1, 0.15) is 13.2 Å². The zero-order chi connectivity index (χ0) is 8.41. The quantitative estimate of drug-likeness (QED) is 0.501. The molecule has 0 aromatic rings. The summed E-state index contributed by atoms with van der Waals surface area (Å²) in [6.07, 6.45) is 1.47. The summed E-state index contributed by atoms with van der Waals surface area (Å²) in [5, 5.41) is 0. The van der Waals surface area contributed by atoms with Gasteiger partial charge < -0.3 is 0 Å². The molecule has 0 N–H and O–H groups in total. The Morgan fingerprint density at radius 1 is 1.20 bits per heavy atom. The Morgan fingerprint density at radius 3 is 1.70 bits per heavy atom. The van der Waals surface area contributed by atoms with Crippen LogP contribution >= 0.6 is 19.9 Å². The van der Waals surface area contributed by atoms with Crippen molar-refractivity contribution in [1.82, 2.24) is 0 Å². The molecular weight excluding hydrogens is 174 g/mol. The third-order valence-corrected chi connectivity index (χ3v) is 1.41. The summed E-state index contributed by atoms with van der Waals surface area (Å²) >= 11 is 4.64. The molecule has 0 bridgehead atoms. The molecule has 3 nitrogen and oxygen atoms in total. The normalized spacial score (nSPS) is 8.00. The third kappa shape index (κ3) is 11.2. The molecule has 0 rings (SSSR count). The van der Waals surface area contributed by atoms with Crippen LogP contribution in [0.25, 0.3) is 0 Å². The van der Waals surface area contributed by atoms with Crippen molar-refractivity contribution in [2.45, 2.75) is 13.8 Å². The van der Waals surface area contributed by atoms with Gasteiger partial charge in [-0.3, -0.25) is 0 Å². The van der Waals surface area contributed by atoms with Gasteiger partial charge in [-0.05, 0) is 13.8 Å². The SMILES string of the molecule is CCO[P+](=O)OCC.CCl. The van der Waals surface area contributed by atoms with Crippen LogP contribution in [0.5, 0.6) is 0 Å². The van der Waals surface area contributed by atoms with E-state index in [0.717, 1.165) is 0 Å². The number of halogens is 1. The fourth-order valence-electron chi connectivity index (χ4n) is 0.248. The van der Waals surface area contributed by atoms with Crippen molar-refractivity contribution < 1.29 is 13.6 Å². The van der Waals surface area contributed by atoms with Crippen LogP contribution in [0.3, 0.4) is 0 Å². The van der Waals surface area contributed by atoms with Crippen molar-refractivity contribution in [2.75, 3.05) is 19.6 Å². The minimum atomic E-state index is -1.83. The van der Waals surface area contributed by atoms with Gasteiger partial charge in [0, 0.05) is 10.9 Å². The van der Waals surface area contributed by atoms with Gasteiger partial charge in [0.05, 0.1) is 0 Å². The number of hydrogen-bond donors (Lipinski definition) is 0. The van der Waals surface area contributed by atoms with E-state index in [-0.39, 0.29) is 0 Å². The summed E-state index contributed by atoms with van der Waals surface area (Å²) in [4.78, 5) is 0. The molecule has 0 saturated carbocycles. The minimum absolute atomic E-state index is 0.440. The molecule has 10 heavy (non-hydrogen) atoms. The highest BCUT2D eigenvalue weighted by Crippen LogP contribution is 2.21. The standard InChI is InChI=1S/C4H10O3P.CH3Cl/c1-3-6-8(5)7-4-2;1-2/h3-4H2,1-2H3;1H3/q+1;. The molecule has 0 amide bonds. The molecule has 0 spiro atoms. The Balaban J connectivity index is 0. The highest BCUT2D eigenvalue weighted by atomic mass is 35.5. The van der Waals surface area contributed by atoms with Crippen molar-refractivity contribution in [3.63, 3.8) is 0 Å². The second kappa shape index (κ2) is 12.0. The first kappa shape index (κ1) is 12.9. The van der Waals surface area contributed by atoms with Crippen LogP contribution in [-0.2, 0) is 13.6 Å². The first-order valence-corrected chi connectivity index (χ1v) is 4.77. The molecule has 0 saturated heterocycles. The van der Waals surface area contributed by atoms with Gasteiger partial charge in [-0.2, -0.15) is 0 Å². The van der Waals surface area contributed by atoms with Crippen LogP contribution in [0.2, 0.25) is 0 Å². The van der Waals surface area contributed by atoms with E-state index in [1.54, 1.807) is 13.8 Å². The first-order valence-electron chi connectivity index (χ1n) is 2.92. The largest absolute Gasteiger partial charge is 0.697 e. The fraction of sp³-hybridized carbons (Fsp3) is 1.00. The third-order valence-electron chi connectivity index (χ3n) is 0.469. The average Bonchev–Trinajstić information content (AvgIpc) is 1.93. The predicted octanol–water partition coefficient (Wildman–Crippen LogP) is 2.57. The second-order valence-electron chi connectivity index (χ2n) is 1.06. The lowest BCUT2D eigenvalue weighted by Gasteiger charge is -1.78. The molecule has 0 aliphatic rings. The van der Waals surface area contributed by atoms with E-state index in [1.165, 1.54) is 6.38 Å². The summed E-state index contributed by atoms with van der Waals surface area (Å²) in [7, 11) is -1.83. The lowest BCUT2D eigenvalue weighted by Crippen LogP contribution is -1.81. The Hall–Kier alpha value is 0.310. The topological polar surface area (TPSA) is 35.5 Å². The van der Waals surface area contributed by atoms with E-state index in [0.29, 0.717) is 13.2 Å². The van der Waals surface area contributed by atoms with Gasteiger partial charge in [-0.1, -0.05) is 0 Å². The Morgan fingerprint density at radius 2 is 1.50 bits per heavy atom. The summed E-state index contributed by atoms with van der Waals surface area (Å²) in [5.74, 6) is 0. The lowest BCUT2D eigenvalue weighted by molar-refractivity contribution is 0.243. The molecular formula is C5H13ClO3P+. The van der Waals surface area contributed by atoms with E-state index < -0.39 is 8.25 Å². The van der Waals surface area contributed by atoms with Crippen LogP contribution in [0, 0.1) is 0 Å². The van der Waals surface area contributed by atoms with Gasteiger partial charge in [-0.15, -0.1) is 20.6 Å². The van der Waals surface area contributed by atoms with Gasteiger partial charge in [0.25, 0.3) is 0 Å². The van der Waals surface area contributed by atoms with Crippen molar-refractivity contribution in [3.8, 4) is 0 Å². The molecule has 0 heterocycles. The Kier molecular flexibility index (Phi) is 15.6. The monoisotopic (exact) mass is 187 g/mol. The van der Waals surface area contributed by atoms with Crippen molar-refractivity contribution in [2.24, 2.45) is 0 Å². The summed E-state index contributed by atoms with van der Waals surface area (Å²) in [6.45, 7) is 4.42. The van der Waals surface area contributed by atoms with Crippen LogP contribution in [0.15, 0.2) is 0 Å². The molecule has 5 heteroatoms. The molecule has 62 valence electrons. The van der Waals surface area contributed by atoms with Crippen LogP contribution < -0.4 is 0 Å². The van der Waals surface area contributed by atoms with E-state index in [2.05, 4.69) is 20.6 Å². The maximum absolute atomic E-state index is 10.3. The van der Waals surface area contributed by atoms with E-state index in [9.17, 15) is 4.57 Å². The zero-order valence-corrected chi connectivity index (χ0v) is 8.11. The minimum Gasteiger partial charge on any atom is -0.130 e. The van der Waals surface area contributed by atoms with Crippen molar-refractivity contribution >= 4 is 19.9 Å². The number of hydrogen-bond acceptors (Lipinski definition) is 3. The highest BCUT2D eigenvalue weighted by Gasteiger charge is 2.15. The second-order valence-corrected chi connectivity index (χ2v) is 2.02. The van der Waals surface area contributed by atoms with E-state index in [4.69, 9.17) is 0 Å². The van der Waals surface area contributed by atoms with Gasteiger partial charge in [-0.25, -0.2) is 0 Å². The molecule has 0 aliphatic heterocycles. The van der Waals surface area contributed by atoms with Crippen LogP contribution in [0.1, 0.15) is 13.8 Å². The van der Waals surface area contributed by atoms with E-state index >= 15 is 0 Å². The fourth-order valence-corrected chi connectivity index (χ4v) is 0.744. The van der Waals surface area contributed by atoms with Gasteiger partial charge in [0.15, 0.2) is 0 Å². The summed E-state index contributed by atoms with van der Waals surface area (Å²) < 4.78 is 19.5. The predicted molar refractivity (Wildman–Crippen MR) is 42.6 cm³/mol. The Labute approximate surface area is 67.6 Å². The molecule has 0 aromatic heterocycles. The Bertz CT molecular complexity index is 71.3. The van der Waals surface area contributed by atoms with Gasteiger partial charge >= 0.3 is 8.25 Å². The number of rotatable bonds is 4. The zero-order valence-electron chi connectivity index (χ0n) is 6.46. The average molecular weight is 188 g/mol. The van der Waals surface area contributed by atoms with Crippen LogP contribution in [-0.4, -0.2) is 19.6 Å². The maximum atomic E-state index is 10.3. The molecule has 0 unspecified atom stereocenters. The molecule has 0 aromatic carbocycles. The van der Waals surface area contributed by atoms with E-state index in [1.807, 2.05) is 0 Å². The van der Waals surface area contributed by atoms with Gasteiger partial charge in [0.2, 0.25) is 0 Å². The highest BCUT2D eigenvalue weighted by molar-refractivity contribution is 7.33. The number of alkyl halides is 1. The first-order chi connectivity index (χ1) is 4.81. The lowest BCUT2D eigenvalue weighted by atomic mass is 10.9. The van der Waals surface area contributed by atoms with Crippen molar-refractivity contribution in [1.29, 1.82) is 0 Å². The molecule has 0 atom stereocenters. The smallest absolute Gasteiger partial charge is 0.130 e. The maximum Gasteiger partial charge on any atom is 0.697 e. The molecule has 0 aliphatic carbocycles.